The van der Waals surface area contributed by atoms with Crippen molar-refractivity contribution < 1.29 is 14.3 Å². The summed E-state index contributed by atoms with van der Waals surface area (Å²) < 4.78 is 5.86. The molecule has 1 aliphatic heterocycles. The van der Waals surface area contributed by atoms with Crippen LogP contribution in [0.3, 0.4) is 0 Å². The largest absolute Gasteiger partial charge is 0.478 e. The number of carbonyl (C=O) groups is 2. The second-order valence-corrected chi connectivity index (χ2v) is 6.65. The summed E-state index contributed by atoms with van der Waals surface area (Å²) in [6.07, 6.45) is 0.780. The summed E-state index contributed by atoms with van der Waals surface area (Å²) in [5.74, 6) is 0.585. The van der Waals surface area contributed by atoms with E-state index in [-0.39, 0.29) is 11.8 Å². The van der Waals surface area contributed by atoms with Crippen molar-refractivity contribution in [1.29, 1.82) is 0 Å². The van der Waals surface area contributed by atoms with Crippen molar-refractivity contribution in [3.63, 3.8) is 0 Å². The molecule has 0 bridgehead atoms. The third-order valence-corrected chi connectivity index (χ3v) is 4.18. The Balaban J connectivity index is 2.02. The van der Waals surface area contributed by atoms with Gasteiger partial charge in [0.15, 0.2) is 5.60 Å². The number of hydrogen-bond acceptors (Lipinski definition) is 3. The molecule has 0 spiro atoms. The van der Waals surface area contributed by atoms with Crippen molar-refractivity contribution in [2.45, 2.75) is 32.8 Å². The molecule has 0 unspecified atom stereocenters. The molecule has 1 aliphatic rings. The van der Waals surface area contributed by atoms with Crippen LogP contribution in [0, 0.1) is 0 Å². The lowest BCUT2D eigenvalue weighted by Crippen LogP contribution is -2.50. The normalized spacial score (nSPS) is 16.0. The number of hydrogen-bond donors (Lipinski definition) is 0. The van der Waals surface area contributed by atoms with Gasteiger partial charge in [0, 0.05) is 38.1 Å². The van der Waals surface area contributed by atoms with Crippen LogP contribution in [0.25, 0.3) is 0 Å². The maximum atomic E-state index is 12.8. The fourth-order valence-electron chi connectivity index (χ4n) is 2.66. The number of amides is 2. The van der Waals surface area contributed by atoms with E-state index in [1.54, 1.807) is 54.8 Å². The standard InChI is InChI=1S/C17H23ClN2O3/c1-13(21)19-9-4-10-20(12-11-19)16(22)17(2,3)23-15-7-5-14(18)6-8-15/h5-8H,4,9-12H2,1-3H3. The third-order valence-electron chi connectivity index (χ3n) is 3.93. The van der Waals surface area contributed by atoms with E-state index in [1.165, 1.54) is 0 Å². The van der Waals surface area contributed by atoms with E-state index < -0.39 is 5.60 Å². The van der Waals surface area contributed by atoms with Gasteiger partial charge in [0.1, 0.15) is 5.75 Å². The Hall–Kier alpha value is -1.75. The highest BCUT2D eigenvalue weighted by molar-refractivity contribution is 6.30. The fraction of sp³-hybridized carbons (Fsp3) is 0.529. The Bertz CT molecular complexity index is 572. The quantitative estimate of drug-likeness (QED) is 0.851. The molecule has 1 saturated heterocycles. The predicted molar refractivity (Wildman–Crippen MR) is 89.6 cm³/mol. The topological polar surface area (TPSA) is 49.9 Å². The van der Waals surface area contributed by atoms with Crippen LogP contribution < -0.4 is 4.74 Å². The lowest BCUT2D eigenvalue weighted by Gasteiger charge is -2.31. The summed E-state index contributed by atoms with van der Waals surface area (Å²) in [4.78, 5) is 27.8. The molecule has 0 aliphatic carbocycles. The molecule has 126 valence electrons. The molecular weight excluding hydrogens is 316 g/mol. The SMILES string of the molecule is CC(=O)N1CCCN(C(=O)C(C)(C)Oc2ccc(Cl)cc2)CC1. The van der Waals surface area contributed by atoms with Crippen LogP contribution in [-0.2, 0) is 9.59 Å². The number of carbonyl (C=O) groups excluding carboxylic acids is 2. The Labute approximate surface area is 142 Å². The third kappa shape index (κ3) is 4.61. The Morgan fingerprint density at radius 1 is 1.04 bits per heavy atom. The van der Waals surface area contributed by atoms with Crippen molar-refractivity contribution in [2.24, 2.45) is 0 Å². The molecule has 1 aromatic rings. The zero-order valence-electron chi connectivity index (χ0n) is 13.8. The maximum Gasteiger partial charge on any atom is 0.266 e. The molecule has 0 radical (unpaired) electrons. The molecule has 1 heterocycles. The van der Waals surface area contributed by atoms with Crippen LogP contribution in [0.5, 0.6) is 5.75 Å². The van der Waals surface area contributed by atoms with Crippen LogP contribution in [-0.4, -0.2) is 53.4 Å². The molecular formula is C17H23ClN2O3. The highest BCUT2D eigenvalue weighted by Crippen LogP contribution is 2.23. The fourth-order valence-corrected chi connectivity index (χ4v) is 2.78. The average Bonchev–Trinajstić information content (AvgIpc) is 2.74. The van der Waals surface area contributed by atoms with Gasteiger partial charge in [-0.05, 0) is 44.5 Å². The molecule has 0 N–H and O–H groups in total. The molecule has 1 aromatic carbocycles. The van der Waals surface area contributed by atoms with Gasteiger partial charge >= 0.3 is 0 Å². The molecule has 0 aromatic heterocycles. The molecule has 1 fully saturated rings. The molecule has 2 rings (SSSR count). The Morgan fingerprint density at radius 2 is 1.61 bits per heavy atom. The van der Waals surface area contributed by atoms with E-state index in [2.05, 4.69) is 0 Å². The van der Waals surface area contributed by atoms with Crippen LogP contribution >= 0.6 is 11.6 Å². The summed E-state index contributed by atoms with van der Waals surface area (Å²) in [6, 6.07) is 6.96. The van der Waals surface area contributed by atoms with E-state index in [4.69, 9.17) is 16.3 Å². The number of benzene rings is 1. The van der Waals surface area contributed by atoms with Gasteiger partial charge in [-0.15, -0.1) is 0 Å². The molecule has 23 heavy (non-hydrogen) atoms. The van der Waals surface area contributed by atoms with Gasteiger partial charge in [-0.25, -0.2) is 0 Å². The second kappa shape index (κ2) is 7.21. The van der Waals surface area contributed by atoms with Gasteiger partial charge in [0.25, 0.3) is 5.91 Å². The maximum absolute atomic E-state index is 12.8. The first-order valence-electron chi connectivity index (χ1n) is 7.79. The van der Waals surface area contributed by atoms with Crippen LogP contribution in [0.15, 0.2) is 24.3 Å². The minimum atomic E-state index is -0.973. The van der Waals surface area contributed by atoms with E-state index in [0.29, 0.717) is 37.0 Å². The monoisotopic (exact) mass is 338 g/mol. The number of halogens is 1. The molecule has 0 atom stereocenters. The summed E-state index contributed by atoms with van der Waals surface area (Å²) in [5.41, 5.74) is -0.973. The molecule has 6 heteroatoms. The highest BCUT2D eigenvalue weighted by Gasteiger charge is 2.35. The van der Waals surface area contributed by atoms with Crippen LogP contribution in [0.1, 0.15) is 27.2 Å². The van der Waals surface area contributed by atoms with Gasteiger partial charge in [-0.1, -0.05) is 11.6 Å². The smallest absolute Gasteiger partial charge is 0.266 e. The lowest BCUT2D eigenvalue weighted by molar-refractivity contribution is -0.145. The minimum Gasteiger partial charge on any atom is -0.478 e. The van der Waals surface area contributed by atoms with Gasteiger partial charge in [-0.3, -0.25) is 9.59 Å². The molecule has 5 nitrogen and oxygen atoms in total. The van der Waals surface area contributed by atoms with Gasteiger partial charge in [0.2, 0.25) is 5.91 Å². The van der Waals surface area contributed by atoms with E-state index in [9.17, 15) is 9.59 Å². The first-order valence-corrected chi connectivity index (χ1v) is 8.17. The molecule has 2 amide bonds. The van der Waals surface area contributed by atoms with E-state index in [0.717, 1.165) is 6.42 Å². The van der Waals surface area contributed by atoms with Crippen molar-refractivity contribution in [1.82, 2.24) is 9.80 Å². The second-order valence-electron chi connectivity index (χ2n) is 6.22. The van der Waals surface area contributed by atoms with E-state index in [1.807, 2.05) is 0 Å². The average molecular weight is 339 g/mol. The zero-order chi connectivity index (χ0) is 17.0. The lowest BCUT2D eigenvalue weighted by atomic mass is 10.1. The first kappa shape index (κ1) is 17.6. The highest BCUT2D eigenvalue weighted by atomic mass is 35.5. The predicted octanol–water partition coefficient (Wildman–Crippen LogP) is 2.58. The van der Waals surface area contributed by atoms with Crippen molar-refractivity contribution >= 4 is 23.4 Å². The summed E-state index contributed by atoms with van der Waals surface area (Å²) in [5, 5.41) is 0.623. The number of rotatable bonds is 3. The van der Waals surface area contributed by atoms with Gasteiger partial charge < -0.3 is 14.5 Å². The van der Waals surface area contributed by atoms with Crippen LogP contribution in [0.4, 0.5) is 0 Å². The van der Waals surface area contributed by atoms with Crippen molar-refractivity contribution in [2.75, 3.05) is 26.2 Å². The Morgan fingerprint density at radius 3 is 2.22 bits per heavy atom. The Kier molecular flexibility index (Phi) is 5.52. The van der Waals surface area contributed by atoms with Gasteiger partial charge in [-0.2, -0.15) is 0 Å². The van der Waals surface area contributed by atoms with Gasteiger partial charge in [0.05, 0.1) is 0 Å². The van der Waals surface area contributed by atoms with E-state index >= 15 is 0 Å². The number of nitrogens with zero attached hydrogens (tertiary/aromatic N) is 2. The summed E-state index contributed by atoms with van der Waals surface area (Å²) in [7, 11) is 0. The van der Waals surface area contributed by atoms with Crippen LogP contribution in [0.2, 0.25) is 5.02 Å². The molecule has 0 saturated carbocycles. The number of ether oxygens (including phenoxy) is 1. The first-order chi connectivity index (χ1) is 10.8. The van der Waals surface area contributed by atoms with Crippen molar-refractivity contribution in [3.8, 4) is 5.75 Å². The van der Waals surface area contributed by atoms with Crippen molar-refractivity contribution in [3.05, 3.63) is 29.3 Å². The summed E-state index contributed by atoms with van der Waals surface area (Å²) >= 11 is 5.86. The minimum absolute atomic E-state index is 0.0518. The zero-order valence-corrected chi connectivity index (χ0v) is 14.6. The summed E-state index contributed by atoms with van der Waals surface area (Å²) in [6.45, 7) is 7.51.